The highest BCUT2D eigenvalue weighted by Crippen LogP contribution is 2.48. The van der Waals surface area contributed by atoms with Crippen LogP contribution in [0.25, 0.3) is 0 Å². The van der Waals surface area contributed by atoms with Crippen LogP contribution in [0.5, 0.6) is 0 Å². The summed E-state index contributed by atoms with van der Waals surface area (Å²) in [5.41, 5.74) is 6.24. The molecule has 16 heavy (non-hydrogen) atoms. The van der Waals surface area contributed by atoms with Crippen LogP contribution in [0.2, 0.25) is 0 Å². The summed E-state index contributed by atoms with van der Waals surface area (Å²) in [5.74, 6) is 0.0378. The molecule has 3 heteroatoms. The second-order valence-corrected chi connectivity index (χ2v) is 5.22. The number of nitrogens with two attached hydrogens (primary N) is 1. The first-order valence-electron chi connectivity index (χ1n) is 6.67. The fourth-order valence-electron chi connectivity index (χ4n) is 2.18. The molecular weight excluding hydrogens is 200 g/mol. The highest BCUT2D eigenvalue weighted by molar-refractivity contribution is 5.81. The summed E-state index contributed by atoms with van der Waals surface area (Å²) in [6, 6.07) is -0.308. The molecule has 1 atom stereocenters. The molecule has 1 fully saturated rings. The van der Waals surface area contributed by atoms with E-state index in [0.29, 0.717) is 5.41 Å². The minimum absolute atomic E-state index is 0.0378. The Hall–Kier alpha value is -0.570. The second kappa shape index (κ2) is 6.24. The Morgan fingerprint density at radius 1 is 1.38 bits per heavy atom. The first-order valence-corrected chi connectivity index (χ1v) is 6.67. The van der Waals surface area contributed by atoms with Crippen molar-refractivity contribution in [2.45, 2.75) is 64.8 Å². The van der Waals surface area contributed by atoms with Gasteiger partial charge in [0.1, 0.15) is 0 Å². The van der Waals surface area contributed by atoms with E-state index in [-0.39, 0.29) is 11.9 Å². The van der Waals surface area contributed by atoms with E-state index >= 15 is 0 Å². The molecule has 1 saturated carbocycles. The Morgan fingerprint density at radius 2 is 2.06 bits per heavy atom. The number of carbonyl (C=O) groups is 1. The van der Waals surface area contributed by atoms with Gasteiger partial charge in [-0.15, -0.1) is 0 Å². The van der Waals surface area contributed by atoms with E-state index in [1.54, 1.807) is 0 Å². The average Bonchev–Trinajstić information content (AvgIpc) is 3.03. The predicted molar refractivity (Wildman–Crippen MR) is 67.1 cm³/mol. The van der Waals surface area contributed by atoms with Gasteiger partial charge in [-0.25, -0.2) is 0 Å². The molecule has 1 rings (SSSR count). The number of hydrogen-bond donors (Lipinski definition) is 2. The Kier molecular flexibility index (Phi) is 5.26. The molecule has 1 amide bonds. The van der Waals surface area contributed by atoms with E-state index in [1.807, 2.05) is 0 Å². The van der Waals surface area contributed by atoms with Gasteiger partial charge in [-0.3, -0.25) is 4.79 Å². The van der Waals surface area contributed by atoms with Crippen LogP contribution in [-0.4, -0.2) is 18.5 Å². The maximum Gasteiger partial charge on any atom is 0.236 e. The van der Waals surface area contributed by atoms with Crippen molar-refractivity contribution in [3.05, 3.63) is 0 Å². The fraction of sp³-hybridized carbons (Fsp3) is 0.923. The highest BCUT2D eigenvalue weighted by Gasteiger charge is 2.41. The van der Waals surface area contributed by atoms with Crippen molar-refractivity contribution in [3.8, 4) is 0 Å². The summed E-state index contributed by atoms with van der Waals surface area (Å²) >= 11 is 0. The van der Waals surface area contributed by atoms with Crippen molar-refractivity contribution in [1.82, 2.24) is 5.32 Å². The van der Waals surface area contributed by atoms with Crippen LogP contribution in [0.4, 0.5) is 0 Å². The molecule has 1 aliphatic rings. The predicted octanol–water partition coefficient (Wildman–Crippen LogP) is 2.20. The van der Waals surface area contributed by atoms with Gasteiger partial charge in [-0.2, -0.15) is 0 Å². The number of amides is 1. The summed E-state index contributed by atoms with van der Waals surface area (Å²) in [6.07, 6.45) is 7.92. The zero-order valence-electron chi connectivity index (χ0n) is 10.7. The summed E-state index contributed by atoms with van der Waals surface area (Å²) in [4.78, 5) is 11.7. The van der Waals surface area contributed by atoms with Crippen LogP contribution < -0.4 is 11.1 Å². The molecule has 3 N–H and O–H groups in total. The Labute approximate surface area is 99.2 Å². The fourth-order valence-corrected chi connectivity index (χ4v) is 2.18. The largest absolute Gasteiger partial charge is 0.354 e. The van der Waals surface area contributed by atoms with Crippen molar-refractivity contribution in [2.75, 3.05) is 6.54 Å². The first-order chi connectivity index (χ1) is 7.63. The molecule has 0 unspecified atom stereocenters. The molecule has 1 aliphatic carbocycles. The maximum absolute atomic E-state index is 11.7. The van der Waals surface area contributed by atoms with Crippen LogP contribution in [-0.2, 0) is 4.79 Å². The molecule has 0 aromatic carbocycles. The third kappa shape index (κ3) is 4.12. The third-order valence-electron chi connectivity index (χ3n) is 3.58. The first kappa shape index (κ1) is 13.5. The van der Waals surface area contributed by atoms with Gasteiger partial charge in [0.15, 0.2) is 0 Å². The van der Waals surface area contributed by atoms with Crippen LogP contribution >= 0.6 is 0 Å². The zero-order chi connectivity index (χ0) is 12.0. The second-order valence-electron chi connectivity index (χ2n) is 5.22. The Morgan fingerprint density at radius 3 is 2.56 bits per heavy atom. The van der Waals surface area contributed by atoms with Gasteiger partial charge in [0.2, 0.25) is 5.91 Å². The number of rotatable bonds is 8. The quantitative estimate of drug-likeness (QED) is 0.666. The molecule has 0 radical (unpaired) electrons. The van der Waals surface area contributed by atoms with Gasteiger partial charge < -0.3 is 11.1 Å². The number of unbranched alkanes of at least 4 members (excludes halogenated alkanes) is 1. The molecule has 0 spiro atoms. The number of carbonyl (C=O) groups excluding carboxylic acids is 1. The van der Waals surface area contributed by atoms with Crippen molar-refractivity contribution in [3.63, 3.8) is 0 Å². The zero-order valence-corrected chi connectivity index (χ0v) is 10.7. The molecule has 0 aliphatic heterocycles. The molecule has 3 nitrogen and oxygen atoms in total. The SMILES string of the molecule is CCCC[C@H](N)C(=O)NCC1(CCC)CC1. The number of hydrogen-bond acceptors (Lipinski definition) is 2. The smallest absolute Gasteiger partial charge is 0.236 e. The van der Waals surface area contributed by atoms with Crippen molar-refractivity contribution in [2.24, 2.45) is 11.1 Å². The van der Waals surface area contributed by atoms with E-state index in [1.165, 1.54) is 25.7 Å². The molecule has 0 heterocycles. The van der Waals surface area contributed by atoms with Gasteiger partial charge in [0.05, 0.1) is 6.04 Å². The topological polar surface area (TPSA) is 55.1 Å². The molecule has 0 saturated heterocycles. The molecule has 0 aromatic heterocycles. The lowest BCUT2D eigenvalue weighted by Crippen LogP contribution is -2.42. The van der Waals surface area contributed by atoms with Gasteiger partial charge in [-0.05, 0) is 31.1 Å². The average molecular weight is 226 g/mol. The lowest BCUT2D eigenvalue weighted by atomic mass is 10.0. The van der Waals surface area contributed by atoms with Crippen LogP contribution in [0.3, 0.4) is 0 Å². The van der Waals surface area contributed by atoms with Crippen LogP contribution in [0, 0.1) is 5.41 Å². The van der Waals surface area contributed by atoms with Gasteiger partial charge in [0, 0.05) is 6.54 Å². The summed E-state index contributed by atoms with van der Waals surface area (Å²) < 4.78 is 0. The van der Waals surface area contributed by atoms with E-state index < -0.39 is 0 Å². The van der Waals surface area contributed by atoms with Crippen molar-refractivity contribution < 1.29 is 4.79 Å². The van der Waals surface area contributed by atoms with E-state index in [0.717, 1.165) is 25.8 Å². The lowest BCUT2D eigenvalue weighted by molar-refractivity contribution is -0.122. The summed E-state index contributed by atoms with van der Waals surface area (Å²) in [5, 5.41) is 3.01. The van der Waals surface area contributed by atoms with Gasteiger partial charge in [-0.1, -0.05) is 33.1 Å². The van der Waals surface area contributed by atoms with E-state index in [2.05, 4.69) is 19.2 Å². The number of nitrogens with one attached hydrogen (secondary N) is 1. The van der Waals surface area contributed by atoms with Crippen molar-refractivity contribution in [1.29, 1.82) is 0 Å². The summed E-state index contributed by atoms with van der Waals surface area (Å²) in [7, 11) is 0. The minimum Gasteiger partial charge on any atom is -0.354 e. The monoisotopic (exact) mass is 226 g/mol. The van der Waals surface area contributed by atoms with Crippen LogP contribution in [0.15, 0.2) is 0 Å². The van der Waals surface area contributed by atoms with Gasteiger partial charge >= 0.3 is 0 Å². The molecular formula is C13H26N2O. The third-order valence-corrected chi connectivity index (χ3v) is 3.58. The normalized spacial score (nSPS) is 19.2. The van der Waals surface area contributed by atoms with E-state index in [4.69, 9.17) is 5.73 Å². The van der Waals surface area contributed by atoms with Crippen molar-refractivity contribution >= 4 is 5.91 Å². The van der Waals surface area contributed by atoms with E-state index in [9.17, 15) is 4.79 Å². The van der Waals surface area contributed by atoms with Gasteiger partial charge in [0.25, 0.3) is 0 Å². The molecule has 0 aromatic rings. The molecule has 94 valence electrons. The highest BCUT2D eigenvalue weighted by atomic mass is 16.2. The maximum atomic E-state index is 11.7. The Bertz CT molecular complexity index is 224. The molecule has 0 bridgehead atoms. The minimum atomic E-state index is -0.308. The van der Waals surface area contributed by atoms with Crippen LogP contribution in [0.1, 0.15) is 58.8 Å². The Balaban J connectivity index is 2.19. The lowest BCUT2D eigenvalue weighted by Gasteiger charge is -2.17. The standard InChI is InChI=1S/C13H26N2O/c1-3-5-6-11(14)12(16)15-10-13(7-4-2)8-9-13/h11H,3-10,14H2,1-2H3,(H,15,16)/t11-/m0/s1. The summed E-state index contributed by atoms with van der Waals surface area (Å²) in [6.45, 7) is 5.15.